The number of ether oxygens (including phenoxy) is 2. The van der Waals surface area contributed by atoms with Gasteiger partial charge in [0.05, 0.1) is 20.1 Å². The SMILES string of the molecule is COC(=O)[C@@H](C[C@H]1C[C@@H](C(=O)OC)C1(C)C)NC(C)=O. The molecule has 6 nitrogen and oxygen atoms in total. The van der Waals surface area contributed by atoms with Gasteiger partial charge < -0.3 is 14.8 Å². The van der Waals surface area contributed by atoms with Crippen molar-refractivity contribution in [3.8, 4) is 0 Å². The van der Waals surface area contributed by atoms with E-state index in [0.29, 0.717) is 12.8 Å². The molecule has 114 valence electrons. The second-order valence-corrected chi connectivity index (χ2v) is 5.84. The summed E-state index contributed by atoms with van der Waals surface area (Å²) in [5.41, 5.74) is -0.252. The number of hydrogen-bond acceptors (Lipinski definition) is 5. The van der Waals surface area contributed by atoms with Crippen LogP contribution in [0.2, 0.25) is 0 Å². The standard InChI is InChI=1S/C14H23NO5/c1-8(16)15-11(13(18)20-5)7-9-6-10(12(17)19-4)14(9,2)3/h9-11H,6-7H2,1-5H3,(H,15,16)/t9-,10+,11-/m1/s1. The van der Waals surface area contributed by atoms with E-state index in [9.17, 15) is 14.4 Å². The van der Waals surface area contributed by atoms with Crippen molar-refractivity contribution in [3.05, 3.63) is 0 Å². The first-order valence-corrected chi connectivity index (χ1v) is 6.66. The van der Waals surface area contributed by atoms with Gasteiger partial charge in [-0.2, -0.15) is 0 Å². The first-order chi connectivity index (χ1) is 9.23. The van der Waals surface area contributed by atoms with Crippen molar-refractivity contribution in [2.24, 2.45) is 17.3 Å². The zero-order chi connectivity index (χ0) is 15.5. The second kappa shape index (κ2) is 6.24. The van der Waals surface area contributed by atoms with E-state index in [1.165, 1.54) is 21.1 Å². The first kappa shape index (κ1) is 16.5. The maximum Gasteiger partial charge on any atom is 0.328 e. The van der Waals surface area contributed by atoms with Crippen LogP contribution in [0.25, 0.3) is 0 Å². The predicted molar refractivity (Wildman–Crippen MR) is 71.6 cm³/mol. The summed E-state index contributed by atoms with van der Waals surface area (Å²) < 4.78 is 9.48. The summed E-state index contributed by atoms with van der Waals surface area (Å²) in [6, 6.07) is -0.666. The molecule has 1 aliphatic rings. The Kier molecular flexibility index (Phi) is 5.14. The topological polar surface area (TPSA) is 81.7 Å². The van der Waals surface area contributed by atoms with Crippen LogP contribution in [0.3, 0.4) is 0 Å². The number of esters is 2. The highest BCUT2D eigenvalue weighted by atomic mass is 16.5. The molecule has 1 rings (SSSR count). The molecule has 0 saturated heterocycles. The van der Waals surface area contributed by atoms with Crippen molar-refractivity contribution in [3.63, 3.8) is 0 Å². The van der Waals surface area contributed by atoms with Crippen LogP contribution in [-0.4, -0.2) is 38.1 Å². The van der Waals surface area contributed by atoms with Crippen LogP contribution in [0.4, 0.5) is 0 Å². The summed E-state index contributed by atoms with van der Waals surface area (Å²) in [5, 5.41) is 2.60. The molecule has 1 saturated carbocycles. The Morgan fingerprint density at radius 1 is 1.25 bits per heavy atom. The Hall–Kier alpha value is -1.59. The summed E-state index contributed by atoms with van der Waals surface area (Å²) in [6.45, 7) is 5.31. The van der Waals surface area contributed by atoms with E-state index >= 15 is 0 Å². The van der Waals surface area contributed by atoms with Crippen molar-refractivity contribution in [1.29, 1.82) is 0 Å². The summed E-state index contributed by atoms with van der Waals surface area (Å²) in [5.74, 6) is -0.962. The van der Waals surface area contributed by atoms with Crippen LogP contribution in [0, 0.1) is 17.3 Å². The van der Waals surface area contributed by atoms with Crippen LogP contribution < -0.4 is 5.32 Å². The molecule has 0 aromatic heterocycles. The Morgan fingerprint density at radius 2 is 1.85 bits per heavy atom. The molecular formula is C14H23NO5. The number of methoxy groups -OCH3 is 2. The highest BCUT2D eigenvalue weighted by Gasteiger charge is 2.53. The molecule has 0 heterocycles. The molecule has 6 heteroatoms. The Morgan fingerprint density at radius 3 is 2.25 bits per heavy atom. The number of rotatable bonds is 5. The third kappa shape index (κ3) is 3.29. The second-order valence-electron chi connectivity index (χ2n) is 5.84. The number of carbonyl (C=O) groups is 3. The third-order valence-electron chi connectivity index (χ3n) is 4.34. The van der Waals surface area contributed by atoms with Crippen molar-refractivity contribution >= 4 is 17.8 Å². The molecule has 20 heavy (non-hydrogen) atoms. The monoisotopic (exact) mass is 285 g/mol. The fourth-order valence-corrected chi connectivity index (χ4v) is 2.84. The lowest BCUT2D eigenvalue weighted by molar-refractivity contribution is -0.164. The minimum atomic E-state index is -0.666. The molecule has 0 aliphatic heterocycles. The summed E-state index contributed by atoms with van der Waals surface area (Å²) >= 11 is 0. The van der Waals surface area contributed by atoms with E-state index < -0.39 is 12.0 Å². The average Bonchev–Trinajstić information content (AvgIpc) is 2.39. The van der Waals surface area contributed by atoms with Gasteiger partial charge >= 0.3 is 11.9 Å². The van der Waals surface area contributed by atoms with E-state index in [1.54, 1.807) is 0 Å². The molecule has 1 aliphatic carbocycles. The minimum Gasteiger partial charge on any atom is -0.469 e. The molecular weight excluding hydrogens is 262 g/mol. The Labute approximate surface area is 119 Å². The van der Waals surface area contributed by atoms with E-state index in [2.05, 4.69) is 5.32 Å². The molecule has 0 radical (unpaired) electrons. The number of nitrogens with one attached hydrogen (secondary N) is 1. The maximum atomic E-state index is 11.7. The van der Waals surface area contributed by atoms with E-state index in [-0.39, 0.29) is 29.1 Å². The largest absolute Gasteiger partial charge is 0.469 e. The predicted octanol–water partition coefficient (Wildman–Crippen LogP) is 0.889. The third-order valence-corrected chi connectivity index (χ3v) is 4.34. The van der Waals surface area contributed by atoms with E-state index in [4.69, 9.17) is 9.47 Å². The van der Waals surface area contributed by atoms with Crippen molar-refractivity contribution in [1.82, 2.24) is 5.32 Å². The molecule has 0 bridgehead atoms. The van der Waals surface area contributed by atoms with Crippen LogP contribution in [0.5, 0.6) is 0 Å². The fourth-order valence-electron chi connectivity index (χ4n) is 2.84. The zero-order valence-electron chi connectivity index (χ0n) is 12.7. The zero-order valence-corrected chi connectivity index (χ0v) is 12.7. The van der Waals surface area contributed by atoms with E-state index in [1.807, 2.05) is 13.8 Å². The molecule has 1 N–H and O–H groups in total. The molecule has 0 unspecified atom stereocenters. The van der Waals surface area contributed by atoms with Gasteiger partial charge in [-0.25, -0.2) is 4.79 Å². The van der Waals surface area contributed by atoms with Gasteiger partial charge in [-0.05, 0) is 24.2 Å². The molecule has 1 amide bonds. The van der Waals surface area contributed by atoms with Crippen LogP contribution in [-0.2, 0) is 23.9 Å². The van der Waals surface area contributed by atoms with Crippen LogP contribution >= 0.6 is 0 Å². The molecule has 0 spiro atoms. The van der Waals surface area contributed by atoms with Crippen molar-refractivity contribution in [2.75, 3.05) is 14.2 Å². The van der Waals surface area contributed by atoms with Gasteiger partial charge in [-0.15, -0.1) is 0 Å². The molecule has 1 fully saturated rings. The molecule has 0 aromatic rings. The van der Waals surface area contributed by atoms with Gasteiger partial charge in [0.25, 0.3) is 0 Å². The number of amides is 1. The summed E-state index contributed by atoms with van der Waals surface area (Å²) in [7, 11) is 2.67. The highest BCUT2D eigenvalue weighted by molar-refractivity contribution is 5.83. The fraction of sp³-hybridized carbons (Fsp3) is 0.786. The normalized spacial score (nSPS) is 25.1. The van der Waals surface area contributed by atoms with Crippen LogP contribution in [0.15, 0.2) is 0 Å². The lowest BCUT2D eigenvalue weighted by Gasteiger charge is -2.51. The molecule has 3 atom stereocenters. The number of hydrogen-bond donors (Lipinski definition) is 1. The maximum absolute atomic E-state index is 11.7. The molecule has 0 aromatic carbocycles. The van der Waals surface area contributed by atoms with Gasteiger partial charge in [0.2, 0.25) is 5.91 Å². The lowest BCUT2D eigenvalue weighted by Crippen LogP contribution is -2.53. The van der Waals surface area contributed by atoms with Crippen LogP contribution in [0.1, 0.15) is 33.6 Å². The Balaban J connectivity index is 2.70. The quantitative estimate of drug-likeness (QED) is 0.759. The average molecular weight is 285 g/mol. The van der Waals surface area contributed by atoms with Crippen molar-refractivity contribution < 1.29 is 23.9 Å². The smallest absolute Gasteiger partial charge is 0.328 e. The van der Waals surface area contributed by atoms with Gasteiger partial charge in [-0.1, -0.05) is 13.8 Å². The summed E-state index contributed by atoms with van der Waals surface area (Å²) in [6.07, 6.45) is 1.12. The van der Waals surface area contributed by atoms with Gasteiger partial charge in [0, 0.05) is 6.92 Å². The van der Waals surface area contributed by atoms with Gasteiger partial charge in [-0.3, -0.25) is 9.59 Å². The lowest BCUT2D eigenvalue weighted by atomic mass is 9.53. The first-order valence-electron chi connectivity index (χ1n) is 6.66. The minimum absolute atomic E-state index is 0.155. The van der Waals surface area contributed by atoms with Gasteiger partial charge in [0.1, 0.15) is 6.04 Å². The van der Waals surface area contributed by atoms with Crippen molar-refractivity contribution in [2.45, 2.75) is 39.7 Å². The summed E-state index contributed by atoms with van der Waals surface area (Å²) in [4.78, 5) is 34.5. The van der Waals surface area contributed by atoms with E-state index in [0.717, 1.165) is 0 Å². The number of carbonyl (C=O) groups excluding carboxylic acids is 3. The Bertz CT molecular complexity index is 404. The highest BCUT2D eigenvalue weighted by Crippen LogP contribution is 2.53. The van der Waals surface area contributed by atoms with Gasteiger partial charge in [0.15, 0.2) is 0 Å².